The van der Waals surface area contributed by atoms with Gasteiger partial charge in [0.05, 0.1) is 0 Å². The maximum absolute atomic E-state index is 11.6. The predicted molar refractivity (Wildman–Crippen MR) is 54.3 cm³/mol. The van der Waals surface area contributed by atoms with Crippen LogP contribution < -0.4 is 5.32 Å². The quantitative estimate of drug-likeness (QED) is 0.661. The maximum Gasteiger partial charge on any atom is 0.247 e. The van der Waals surface area contributed by atoms with Crippen LogP contribution in [0.1, 0.15) is 33.6 Å². The van der Waals surface area contributed by atoms with Crippen molar-refractivity contribution in [1.29, 1.82) is 0 Å². The molecule has 0 unspecified atom stereocenters. The van der Waals surface area contributed by atoms with Crippen molar-refractivity contribution in [2.24, 2.45) is 11.8 Å². The molecule has 1 fully saturated rings. The van der Waals surface area contributed by atoms with Crippen molar-refractivity contribution in [3.05, 3.63) is 11.6 Å². The fourth-order valence-electron chi connectivity index (χ4n) is 1.39. The molecule has 0 aliphatic heterocycles. The molecule has 0 aromatic carbocycles. The molecule has 1 amide bonds. The van der Waals surface area contributed by atoms with Crippen LogP contribution in [-0.2, 0) is 4.79 Å². The summed E-state index contributed by atoms with van der Waals surface area (Å²) in [5.74, 6) is 1.20. The second kappa shape index (κ2) is 4.45. The van der Waals surface area contributed by atoms with Crippen LogP contribution in [-0.4, -0.2) is 12.5 Å². The Morgan fingerprint density at radius 2 is 2.15 bits per heavy atom. The summed E-state index contributed by atoms with van der Waals surface area (Å²) in [6.45, 7) is 6.88. The molecule has 0 spiro atoms. The van der Waals surface area contributed by atoms with Crippen molar-refractivity contribution in [2.45, 2.75) is 33.6 Å². The molecule has 2 nitrogen and oxygen atoms in total. The lowest BCUT2D eigenvalue weighted by Crippen LogP contribution is -2.28. The molecule has 2 heteroatoms. The zero-order chi connectivity index (χ0) is 9.84. The minimum absolute atomic E-state index is 0.115. The Kier molecular flexibility index (Phi) is 3.52. The fourth-order valence-corrected chi connectivity index (χ4v) is 1.39. The van der Waals surface area contributed by atoms with Gasteiger partial charge in [0, 0.05) is 12.1 Å². The Morgan fingerprint density at radius 1 is 1.54 bits per heavy atom. The van der Waals surface area contributed by atoms with Crippen LogP contribution in [0.15, 0.2) is 11.6 Å². The van der Waals surface area contributed by atoms with Crippen LogP contribution in [0.5, 0.6) is 0 Å². The molecular formula is C11H19NO. The molecule has 0 aromatic rings. The number of rotatable bonds is 4. The molecule has 0 saturated heterocycles. The van der Waals surface area contributed by atoms with Crippen LogP contribution in [0.2, 0.25) is 0 Å². The van der Waals surface area contributed by atoms with Gasteiger partial charge in [-0.05, 0) is 31.6 Å². The molecule has 0 atom stereocenters. The Morgan fingerprint density at radius 3 is 2.54 bits per heavy atom. The third-order valence-electron chi connectivity index (χ3n) is 2.44. The lowest BCUT2D eigenvalue weighted by molar-refractivity contribution is -0.118. The molecule has 0 heterocycles. The van der Waals surface area contributed by atoms with Gasteiger partial charge in [0.15, 0.2) is 0 Å². The summed E-state index contributed by atoms with van der Waals surface area (Å²) < 4.78 is 0. The summed E-state index contributed by atoms with van der Waals surface area (Å²) in [5, 5.41) is 2.97. The number of hydrogen-bond donors (Lipinski definition) is 1. The van der Waals surface area contributed by atoms with Gasteiger partial charge in [-0.3, -0.25) is 4.79 Å². The molecule has 1 aliphatic rings. The van der Waals surface area contributed by atoms with Crippen molar-refractivity contribution in [3.8, 4) is 0 Å². The second-order valence-corrected chi connectivity index (χ2v) is 4.05. The average molecular weight is 181 g/mol. The minimum atomic E-state index is 0.115. The highest BCUT2D eigenvalue weighted by Gasteiger charge is 2.22. The van der Waals surface area contributed by atoms with Crippen LogP contribution in [0.25, 0.3) is 0 Å². The highest BCUT2D eigenvalue weighted by atomic mass is 16.1. The van der Waals surface area contributed by atoms with E-state index in [4.69, 9.17) is 0 Å². The van der Waals surface area contributed by atoms with Gasteiger partial charge in [0.1, 0.15) is 0 Å². The molecule has 1 aliphatic carbocycles. The fraction of sp³-hybridized carbons (Fsp3) is 0.727. The van der Waals surface area contributed by atoms with Gasteiger partial charge in [-0.25, -0.2) is 0 Å². The molecule has 13 heavy (non-hydrogen) atoms. The summed E-state index contributed by atoms with van der Waals surface area (Å²) >= 11 is 0. The topological polar surface area (TPSA) is 29.1 Å². The first-order valence-corrected chi connectivity index (χ1v) is 5.09. The van der Waals surface area contributed by atoms with E-state index in [0.29, 0.717) is 5.92 Å². The van der Waals surface area contributed by atoms with Gasteiger partial charge < -0.3 is 5.32 Å². The zero-order valence-corrected chi connectivity index (χ0v) is 8.76. The lowest BCUT2D eigenvalue weighted by Gasteiger charge is -2.10. The Labute approximate surface area is 80.4 Å². The molecule has 0 radical (unpaired) electrons. The van der Waals surface area contributed by atoms with Gasteiger partial charge in [0.25, 0.3) is 0 Å². The van der Waals surface area contributed by atoms with Crippen molar-refractivity contribution in [2.75, 3.05) is 6.54 Å². The van der Waals surface area contributed by atoms with Crippen LogP contribution >= 0.6 is 0 Å². The summed E-state index contributed by atoms with van der Waals surface area (Å²) in [5.41, 5.74) is 0.903. The highest BCUT2D eigenvalue weighted by molar-refractivity contribution is 5.93. The summed E-state index contributed by atoms with van der Waals surface area (Å²) in [4.78, 5) is 11.6. The Bertz CT molecular complexity index is 214. The number of allylic oxidation sites excluding steroid dienone is 1. The standard InChI is InChI=1S/C11H19NO/c1-4-10(8(2)3)11(13)12-7-9-5-6-9/h4,8-9H,5-7H2,1-3H3,(H,12,13)/b10-4+. The van der Waals surface area contributed by atoms with Crippen molar-refractivity contribution < 1.29 is 4.79 Å². The first kappa shape index (κ1) is 10.3. The van der Waals surface area contributed by atoms with Crippen LogP contribution in [0.4, 0.5) is 0 Å². The Balaban J connectivity index is 2.34. The Hall–Kier alpha value is -0.790. The first-order chi connectivity index (χ1) is 6.15. The first-order valence-electron chi connectivity index (χ1n) is 5.09. The van der Waals surface area contributed by atoms with Gasteiger partial charge in [-0.1, -0.05) is 19.9 Å². The summed E-state index contributed by atoms with van der Waals surface area (Å²) in [6.07, 6.45) is 4.48. The van der Waals surface area contributed by atoms with E-state index in [-0.39, 0.29) is 5.91 Å². The zero-order valence-electron chi connectivity index (χ0n) is 8.76. The molecule has 1 rings (SSSR count). The number of nitrogens with one attached hydrogen (secondary N) is 1. The van der Waals surface area contributed by atoms with Gasteiger partial charge in [0.2, 0.25) is 5.91 Å². The third-order valence-corrected chi connectivity index (χ3v) is 2.44. The van der Waals surface area contributed by atoms with E-state index >= 15 is 0 Å². The molecule has 0 bridgehead atoms. The highest BCUT2D eigenvalue weighted by Crippen LogP contribution is 2.27. The van der Waals surface area contributed by atoms with Crippen molar-refractivity contribution in [1.82, 2.24) is 5.32 Å². The molecule has 74 valence electrons. The van der Waals surface area contributed by atoms with E-state index in [1.165, 1.54) is 12.8 Å². The molecular weight excluding hydrogens is 162 g/mol. The third kappa shape index (κ3) is 3.21. The predicted octanol–water partition coefficient (Wildman–Crippen LogP) is 2.11. The van der Waals surface area contributed by atoms with E-state index in [0.717, 1.165) is 18.0 Å². The summed E-state index contributed by atoms with van der Waals surface area (Å²) in [7, 11) is 0. The molecule has 1 N–H and O–H groups in total. The SMILES string of the molecule is C/C=C(/C(=O)NCC1CC1)C(C)C. The van der Waals surface area contributed by atoms with E-state index in [1.807, 2.05) is 26.8 Å². The van der Waals surface area contributed by atoms with Gasteiger partial charge in [-0.2, -0.15) is 0 Å². The number of carbonyl (C=O) groups is 1. The second-order valence-electron chi connectivity index (χ2n) is 4.05. The lowest BCUT2D eigenvalue weighted by atomic mass is 10.0. The largest absolute Gasteiger partial charge is 0.352 e. The number of carbonyl (C=O) groups excluding carboxylic acids is 1. The average Bonchev–Trinajstić information content (AvgIpc) is 2.84. The van der Waals surface area contributed by atoms with E-state index in [2.05, 4.69) is 5.32 Å². The van der Waals surface area contributed by atoms with Crippen molar-refractivity contribution >= 4 is 5.91 Å². The normalized spacial score (nSPS) is 17.7. The molecule has 0 aromatic heterocycles. The van der Waals surface area contributed by atoms with E-state index < -0.39 is 0 Å². The van der Waals surface area contributed by atoms with E-state index in [1.54, 1.807) is 0 Å². The van der Waals surface area contributed by atoms with Crippen LogP contribution in [0, 0.1) is 11.8 Å². The van der Waals surface area contributed by atoms with Gasteiger partial charge in [-0.15, -0.1) is 0 Å². The van der Waals surface area contributed by atoms with Crippen molar-refractivity contribution in [3.63, 3.8) is 0 Å². The van der Waals surface area contributed by atoms with Gasteiger partial charge >= 0.3 is 0 Å². The smallest absolute Gasteiger partial charge is 0.247 e. The number of hydrogen-bond acceptors (Lipinski definition) is 1. The molecule has 1 saturated carbocycles. The van der Waals surface area contributed by atoms with Crippen LogP contribution in [0.3, 0.4) is 0 Å². The summed E-state index contributed by atoms with van der Waals surface area (Å²) in [6, 6.07) is 0. The maximum atomic E-state index is 11.6. The number of amides is 1. The monoisotopic (exact) mass is 181 g/mol. The van der Waals surface area contributed by atoms with E-state index in [9.17, 15) is 4.79 Å². The minimum Gasteiger partial charge on any atom is -0.352 e.